The average molecular weight is 154 g/mol. The van der Waals surface area contributed by atoms with Crippen molar-refractivity contribution < 1.29 is 4.74 Å². The van der Waals surface area contributed by atoms with Gasteiger partial charge in [-0.2, -0.15) is 5.26 Å². The molecule has 0 radical (unpaired) electrons. The highest BCUT2D eigenvalue weighted by molar-refractivity contribution is 5.09. The van der Waals surface area contributed by atoms with E-state index in [4.69, 9.17) is 10.00 Å². The van der Waals surface area contributed by atoms with Crippen LogP contribution in [0, 0.1) is 16.7 Å². The minimum absolute atomic E-state index is 0.247. The number of nitrogens with zero attached hydrogens (tertiary/aromatic N) is 2. The zero-order valence-corrected chi connectivity index (χ0v) is 7.29. The number of ether oxygens (including phenoxy) is 1. The topological polar surface area (TPSA) is 36.3 Å². The molecular weight excluding hydrogens is 140 g/mol. The van der Waals surface area contributed by atoms with Crippen LogP contribution in [0.2, 0.25) is 0 Å². The van der Waals surface area contributed by atoms with Gasteiger partial charge in [0.25, 0.3) is 0 Å². The van der Waals surface area contributed by atoms with Crippen LogP contribution in [-0.4, -0.2) is 38.3 Å². The fourth-order valence-electron chi connectivity index (χ4n) is 1.22. The summed E-state index contributed by atoms with van der Waals surface area (Å²) in [6.45, 7) is 3.23. The van der Waals surface area contributed by atoms with Gasteiger partial charge >= 0.3 is 0 Å². The van der Waals surface area contributed by atoms with Gasteiger partial charge in [-0.3, -0.25) is 0 Å². The zero-order valence-electron chi connectivity index (χ0n) is 7.29. The normalized spacial score (nSPS) is 23.9. The summed E-state index contributed by atoms with van der Waals surface area (Å²) < 4.78 is 5.05. The molecule has 0 spiro atoms. The Hall–Kier alpha value is -0.590. The molecule has 11 heavy (non-hydrogen) atoms. The van der Waals surface area contributed by atoms with Crippen molar-refractivity contribution in [3.05, 3.63) is 0 Å². The second-order valence-electron chi connectivity index (χ2n) is 3.40. The molecule has 0 aromatic carbocycles. The van der Waals surface area contributed by atoms with Crippen molar-refractivity contribution in [1.29, 1.82) is 5.26 Å². The number of rotatable bonds is 2. The third kappa shape index (κ3) is 1.24. The van der Waals surface area contributed by atoms with Crippen LogP contribution in [0.3, 0.4) is 0 Å². The van der Waals surface area contributed by atoms with Crippen LogP contribution < -0.4 is 0 Å². The highest BCUT2D eigenvalue weighted by atomic mass is 16.5. The average Bonchev–Trinajstić information content (AvgIpc) is 1.86. The van der Waals surface area contributed by atoms with Crippen molar-refractivity contribution in [2.45, 2.75) is 13.0 Å². The summed E-state index contributed by atoms with van der Waals surface area (Å²) >= 11 is 0. The van der Waals surface area contributed by atoms with Crippen LogP contribution in [0.1, 0.15) is 6.92 Å². The van der Waals surface area contributed by atoms with E-state index in [1.54, 1.807) is 0 Å². The molecule has 3 heteroatoms. The summed E-state index contributed by atoms with van der Waals surface area (Å²) in [6.07, 6.45) is 0. The molecule has 0 amide bonds. The minimum Gasteiger partial charge on any atom is -0.378 e. The predicted octanol–water partition coefficient (Wildman–Crippen LogP) is 0.477. The molecule has 0 bridgehead atoms. The van der Waals surface area contributed by atoms with Crippen molar-refractivity contribution in [3.63, 3.8) is 0 Å². The Labute approximate surface area is 67.6 Å². The van der Waals surface area contributed by atoms with Gasteiger partial charge in [-0.25, -0.2) is 0 Å². The monoisotopic (exact) mass is 154 g/mol. The molecule has 3 nitrogen and oxygen atoms in total. The van der Waals surface area contributed by atoms with Crippen LogP contribution in [0.5, 0.6) is 0 Å². The fourth-order valence-corrected chi connectivity index (χ4v) is 1.22. The lowest BCUT2D eigenvalue weighted by atomic mass is 9.80. The number of nitriles is 1. The standard InChI is InChI=1S/C8H14N2O/c1-7(10(2)3)8(4-9)5-11-6-8/h7H,5-6H2,1-3H3. The van der Waals surface area contributed by atoms with Crippen LogP contribution in [0.25, 0.3) is 0 Å². The van der Waals surface area contributed by atoms with E-state index in [0.717, 1.165) is 0 Å². The molecule has 0 aromatic heterocycles. The highest BCUT2D eigenvalue weighted by Gasteiger charge is 2.44. The molecule has 62 valence electrons. The molecule has 1 fully saturated rings. The van der Waals surface area contributed by atoms with Gasteiger partial charge in [0.2, 0.25) is 0 Å². The summed E-state index contributed by atoms with van der Waals surface area (Å²) in [5.41, 5.74) is -0.247. The van der Waals surface area contributed by atoms with E-state index in [2.05, 4.69) is 17.9 Å². The van der Waals surface area contributed by atoms with E-state index in [1.807, 2.05) is 14.1 Å². The van der Waals surface area contributed by atoms with Crippen LogP contribution in [0.4, 0.5) is 0 Å². The minimum atomic E-state index is -0.247. The summed E-state index contributed by atoms with van der Waals surface area (Å²) in [5, 5.41) is 8.90. The Kier molecular flexibility index (Phi) is 2.17. The second-order valence-corrected chi connectivity index (χ2v) is 3.40. The van der Waals surface area contributed by atoms with Crippen molar-refractivity contribution >= 4 is 0 Å². The first kappa shape index (κ1) is 8.51. The summed E-state index contributed by atoms with van der Waals surface area (Å²) in [6, 6.07) is 2.61. The second kappa shape index (κ2) is 2.80. The smallest absolute Gasteiger partial charge is 0.119 e. The summed E-state index contributed by atoms with van der Waals surface area (Å²) in [7, 11) is 3.98. The lowest BCUT2D eigenvalue weighted by Crippen LogP contribution is -2.54. The lowest BCUT2D eigenvalue weighted by molar-refractivity contribution is -0.110. The van der Waals surface area contributed by atoms with E-state index in [1.165, 1.54) is 0 Å². The first-order chi connectivity index (χ1) is 5.12. The Morgan fingerprint density at radius 2 is 2.09 bits per heavy atom. The molecule has 1 rings (SSSR count). The Morgan fingerprint density at radius 3 is 2.18 bits per heavy atom. The number of hydrogen-bond donors (Lipinski definition) is 0. The SMILES string of the molecule is CC(N(C)C)C1(C#N)COC1. The van der Waals surface area contributed by atoms with E-state index >= 15 is 0 Å². The third-order valence-corrected chi connectivity index (χ3v) is 2.52. The molecule has 1 saturated heterocycles. The van der Waals surface area contributed by atoms with Gasteiger partial charge in [-0.05, 0) is 21.0 Å². The third-order valence-electron chi connectivity index (χ3n) is 2.52. The molecule has 0 saturated carbocycles. The van der Waals surface area contributed by atoms with Gasteiger partial charge in [0, 0.05) is 6.04 Å². The Balaban J connectivity index is 2.64. The molecule has 1 aliphatic heterocycles. The van der Waals surface area contributed by atoms with Gasteiger partial charge in [-0.15, -0.1) is 0 Å². The van der Waals surface area contributed by atoms with Crippen LogP contribution in [-0.2, 0) is 4.74 Å². The molecule has 1 heterocycles. The Morgan fingerprint density at radius 1 is 1.55 bits per heavy atom. The molecule has 1 unspecified atom stereocenters. The van der Waals surface area contributed by atoms with Crippen molar-refractivity contribution in [2.24, 2.45) is 5.41 Å². The van der Waals surface area contributed by atoms with Crippen molar-refractivity contribution in [3.8, 4) is 6.07 Å². The van der Waals surface area contributed by atoms with E-state index in [-0.39, 0.29) is 11.5 Å². The van der Waals surface area contributed by atoms with E-state index in [9.17, 15) is 0 Å². The Bertz CT molecular complexity index is 179. The largest absolute Gasteiger partial charge is 0.378 e. The van der Waals surface area contributed by atoms with Gasteiger partial charge < -0.3 is 9.64 Å². The van der Waals surface area contributed by atoms with Crippen molar-refractivity contribution in [2.75, 3.05) is 27.3 Å². The molecule has 1 atom stereocenters. The van der Waals surface area contributed by atoms with Gasteiger partial charge in [0.05, 0.1) is 19.3 Å². The molecule has 0 aromatic rings. The fraction of sp³-hybridized carbons (Fsp3) is 0.875. The molecule has 0 aliphatic carbocycles. The van der Waals surface area contributed by atoms with Gasteiger partial charge in [0.15, 0.2) is 0 Å². The van der Waals surface area contributed by atoms with Crippen molar-refractivity contribution in [1.82, 2.24) is 4.90 Å². The lowest BCUT2D eigenvalue weighted by Gasteiger charge is -2.42. The first-order valence-electron chi connectivity index (χ1n) is 3.78. The quantitative estimate of drug-likeness (QED) is 0.580. The van der Waals surface area contributed by atoms with E-state index in [0.29, 0.717) is 13.2 Å². The molecular formula is C8H14N2O. The molecule has 0 N–H and O–H groups in total. The highest BCUT2D eigenvalue weighted by Crippen LogP contribution is 2.32. The van der Waals surface area contributed by atoms with Gasteiger partial charge in [-0.1, -0.05) is 0 Å². The zero-order chi connectivity index (χ0) is 8.48. The maximum atomic E-state index is 8.90. The predicted molar refractivity (Wildman–Crippen MR) is 42.0 cm³/mol. The van der Waals surface area contributed by atoms with Gasteiger partial charge in [0.1, 0.15) is 5.41 Å². The maximum absolute atomic E-state index is 8.90. The summed E-state index contributed by atoms with van der Waals surface area (Å²) in [4.78, 5) is 2.06. The molecule has 1 aliphatic rings. The summed E-state index contributed by atoms with van der Waals surface area (Å²) in [5.74, 6) is 0. The number of hydrogen-bond acceptors (Lipinski definition) is 3. The van der Waals surface area contributed by atoms with E-state index < -0.39 is 0 Å². The maximum Gasteiger partial charge on any atom is 0.119 e. The van der Waals surface area contributed by atoms with Crippen LogP contribution in [0.15, 0.2) is 0 Å². The van der Waals surface area contributed by atoms with Crippen LogP contribution >= 0.6 is 0 Å². The first-order valence-corrected chi connectivity index (χ1v) is 3.78.